The summed E-state index contributed by atoms with van der Waals surface area (Å²) in [4.78, 5) is 11.3. The lowest BCUT2D eigenvalue weighted by atomic mass is 10.0. The van der Waals surface area contributed by atoms with Crippen LogP contribution in [0.1, 0.15) is 48.6 Å². The number of hydrogen-bond acceptors (Lipinski definition) is 3. The molecule has 1 fully saturated rings. The van der Waals surface area contributed by atoms with Gasteiger partial charge in [-0.3, -0.25) is 0 Å². The van der Waals surface area contributed by atoms with Gasteiger partial charge in [0.15, 0.2) is 0 Å². The van der Waals surface area contributed by atoms with Crippen molar-refractivity contribution in [2.24, 2.45) is 0 Å². The third-order valence-corrected chi connectivity index (χ3v) is 5.37. The quantitative estimate of drug-likeness (QED) is 0.813. The summed E-state index contributed by atoms with van der Waals surface area (Å²) < 4.78 is 29.0. The van der Waals surface area contributed by atoms with Crippen molar-refractivity contribution in [3.63, 3.8) is 0 Å². The minimum Gasteiger partial charge on any atom is -0.477 e. The molecule has 2 aliphatic rings. The second-order valence-corrected chi connectivity index (χ2v) is 7.32. The molecule has 0 amide bonds. The molecule has 0 aliphatic heterocycles. The molecule has 1 heterocycles. The highest BCUT2D eigenvalue weighted by atomic mass is 32.2. The van der Waals surface area contributed by atoms with Crippen LogP contribution in [-0.2, 0) is 10.0 Å². The van der Waals surface area contributed by atoms with E-state index in [4.69, 9.17) is 0 Å². The molecule has 1 aromatic heterocycles. The summed E-state index contributed by atoms with van der Waals surface area (Å²) >= 11 is 0. The van der Waals surface area contributed by atoms with Crippen LogP contribution in [0.4, 0.5) is 0 Å². The highest BCUT2D eigenvalue weighted by molar-refractivity contribution is 7.89. The van der Waals surface area contributed by atoms with Crippen LogP contribution in [0.5, 0.6) is 0 Å². The first-order valence-electron chi connectivity index (χ1n) is 7.10. The molecule has 0 saturated heterocycles. The van der Waals surface area contributed by atoms with Crippen molar-refractivity contribution in [3.8, 4) is 0 Å². The van der Waals surface area contributed by atoms with Crippen molar-refractivity contribution >= 4 is 16.0 Å². The number of sulfonamides is 1. The number of aromatic nitrogens is 1. The molecule has 0 bridgehead atoms. The largest absolute Gasteiger partial charge is 0.477 e. The van der Waals surface area contributed by atoms with Crippen LogP contribution in [-0.4, -0.2) is 30.1 Å². The van der Waals surface area contributed by atoms with E-state index in [2.05, 4.69) is 4.72 Å². The van der Waals surface area contributed by atoms with Gasteiger partial charge in [-0.2, -0.15) is 0 Å². The fraction of sp³-hybridized carbons (Fsp3) is 0.500. The fourth-order valence-corrected chi connectivity index (χ4v) is 3.92. The number of rotatable bonds is 5. The average Bonchev–Trinajstić information content (AvgIpc) is 3.17. The molecule has 1 atom stereocenters. The highest BCUT2D eigenvalue weighted by Gasteiger charge is 2.31. The molecule has 0 aromatic carbocycles. The number of hydrogen-bond donors (Lipinski definition) is 2. The fourth-order valence-electron chi connectivity index (χ4n) is 2.62. The molecule has 7 heteroatoms. The monoisotopic (exact) mass is 310 g/mol. The first kappa shape index (κ1) is 14.3. The molecular formula is C14H18N2O4S. The van der Waals surface area contributed by atoms with E-state index < -0.39 is 16.0 Å². The Morgan fingerprint density at radius 1 is 1.29 bits per heavy atom. The van der Waals surface area contributed by atoms with Crippen LogP contribution in [0.25, 0.3) is 0 Å². The molecule has 3 rings (SSSR count). The van der Waals surface area contributed by atoms with Crippen molar-refractivity contribution in [1.29, 1.82) is 0 Å². The van der Waals surface area contributed by atoms with Gasteiger partial charge in [-0.25, -0.2) is 17.9 Å². The third-order valence-electron chi connectivity index (χ3n) is 3.88. The molecule has 2 N–H and O–H groups in total. The highest BCUT2D eigenvalue weighted by Crippen LogP contribution is 2.37. The predicted octanol–water partition coefficient (Wildman–Crippen LogP) is 1.91. The Hall–Kier alpha value is -1.60. The minimum atomic E-state index is -3.67. The van der Waals surface area contributed by atoms with Gasteiger partial charge in [0.05, 0.1) is 0 Å². The molecule has 0 radical (unpaired) electrons. The molecule has 2 aliphatic carbocycles. The smallest absolute Gasteiger partial charge is 0.352 e. The summed E-state index contributed by atoms with van der Waals surface area (Å²) in [5.41, 5.74) is 0.0430. The van der Waals surface area contributed by atoms with E-state index in [1.165, 1.54) is 12.3 Å². The second-order valence-electron chi connectivity index (χ2n) is 5.61. The lowest BCUT2D eigenvalue weighted by molar-refractivity contribution is 0.0685. The van der Waals surface area contributed by atoms with E-state index >= 15 is 0 Å². The Bertz CT molecular complexity index is 686. The van der Waals surface area contributed by atoms with Gasteiger partial charge in [-0.05, 0) is 38.2 Å². The van der Waals surface area contributed by atoms with E-state index in [1.54, 1.807) is 4.57 Å². The molecular weight excluding hydrogens is 292 g/mol. The van der Waals surface area contributed by atoms with Gasteiger partial charge in [0.1, 0.15) is 10.6 Å². The Labute approximate surface area is 123 Å². The van der Waals surface area contributed by atoms with E-state index in [0.717, 1.165) is 25.7 Å². The number of carboxylic acid groups (broad SMARTS) is 1. The van der Waals surface area contributed by atoms with E-state index in [9.17, 15) is 18.3 Å². The number of nitrogens with one attached hydrogen (secondary N) is 1. The Morgan fingerprint density at radius 3 is 2.62 bits per heavy atom. The van der Waals surface area contributed by atoms with Crippen molar-refractivity contribution in [2.75, 3.05) is 0 Å². The first-order valence-corrected chi connectivity index (χ1v) is 8.58. The summed E-state index contributed by atoms with van der Waals surface area (Å²) in [5, 5.41) is 9.20. The van der Waals surface area contributed by atoms with Gasteiger partial charge in [-0.1, -0.05) is 12.2 Å². The van der Waals surface area contributed by atoms with Crippen molar-refractivity contribution < 1.29 is 18.3 Å². The molecule has 21 heavy (non-hydrogen) atoms. The summed E-state index contributed by atoms with van der Waals surface area (Å²) in [5.74, 6) is -1.09. The predicted molar refractivity (Wildman–Crippen MR) is 76.8 cm³/mol. The standard InChI is InChI=1S/C14H18N2O4S/c17-14(18)13-8-12(9-16(13)11-6-7-11)21(19,20)15-10-4-2-1-3-5-10/h1-2,8-11,15H,3-7H2,(H,17,18). The average molecular weight is 310 g/mol. The zero-order chi connectivity index (χ0) is 15.0. The molecule has 1 saturated carbocycles. The summed E-state index contributed by atoms with van der Waals surface area (Å²) in [6.45, 7) is 0. The second kappa shape index (κ2) is 5.31. The zero-order valence-corrected chi connectivity index (χ0v) is 12.3. The number of allylic oxidation sites excluding steroid dienone is 1. The first-order chi connectivity index (χ1) is 9.97. The lowest BCUT2D eigenvalue weighted by Gasteiger charge is -2.18. The number of carboxylic acids is 1. The third kappa shape index (κ3) is 3.03. The van der Waals surface area contributed by atoms with Crippen LogP contribution in [0.15, 0.2) is 29.3 Å². The van der Waals surface area contributed by atoms with Crippen LogP contribution in [0.3, 0.4) is 0 Å². The van der Waals surface area contributed by atoms with Crippen molar-refractivity contribution in [3.05, 3.63) is 30.1 Å². The van der Waals surface area contributed by atoms with Gasteiger partial charge < -0.3 is 9.67 Å². The molecule has 0 spiro atoms. The van der Waals surface area contributed by atoms with Gasteiger partial charge in [0.2, 0.25) is 10.0 Å². The Balaban J connectivity index is 1.86. The zero-order valence-electron chi connectivity index (χ0n) is 11.5. The van der Waals surface area contributed by atoms with Crippen LogP contribution < -0.4 is 4.72 Å². The number of aromatic carboxylic acids is 1. The molecule has 114 valence electrons. The molecule has 1 aromatic rings. The van der Waals surface area contributed by atoms with E-state index in [-0.39, 0.29) is 22.7 Å². The normalized spacial score (nSPS) is 22.4. The van der Waals surface area contributed by atoms with Crippen molar-refractivity contribution in [1.82, 2.24) is 9.29 Å². The van der Waals surface area contributed by atoms with Gasteiger partial charge in [0.25, 0.3) is 0 Å². The Kier molecular flexibility index (Phi) is 3.62. The van der Waals surface area contributed by atoms with Crippen LogP contribution in [0.2, 0.25) is 0 Å². The molecule has 6 nitrogen and oxygen atoms in total. The van der Waals surface area contributed by atoms with Crippen LogP contribution in [0, 0.1) is 0 Å². The van der Waals surface area contributed by atoms with Gasteiger partial charge in [0, 0.05) is 18.3 Å². The number of carbonyl (C=O) groups is 1. The van der Waals surface area contributed by atoms with E-state index in [0.29, 0.717) is 6.42 Å². The number of nitrogens with zero attached hydrogens (tertiary/aromatic N) is 1. The minimum absolute atomic E-state index is 0.0429. The summed E-state index contributed by atoms with van der Waals surface area (Å²) in [7, 11) is -3.67. The lowest BCUT2D eigenvalue weighted by Crippen LogP contribution is -2.35. The Morgan fingerprint density at radius 2 is 2.05 bits per heavy atom. The topological polar surface area (TPSA) is 88.4 Å². The van der Waals surface area contributed by atoms with Crippen LogP contribution >= 0.6 is 0 Å². The van der Waals surface area contributed by atoms with E-state index in [1.807, 2.05) is 12.2 Å². The maximum absolute atomic E-state index is 12.4. The maximum Gasteiger partial charge on any atom is 0.352 e. The molecule has 1 unspecified atom stereocenters. The van der Waals surface area contributed by atoms with Gasteiger partial charge >= 0.3 is 5.97 Å². The summed E-state index contributed by atoms with van der Waals surface area (Å²) in [6, 6.07) is 1.26. The SMILES string of the molecule is O=C(O)c1cc(S(=O)(=O)NC2CC=CCC2)cn1C1CC1. The summed E-state index contributed by atoms with van der Waals surface area (Å²) in [6.07, 6.45) is 9.55. The maximum atomic E-state index is 12.4. The van der Waals surface area contributed by atoms with Crippen molar-refractivity contribution in [2.45, 2.75) is 49.1 Å². The van der Waals surface area contributed by atoms with Gasteiger partial charge in [-0.15, -0.1) is 0 Å².